The number of hydrogen-bond acceptors (Lipinski definition) is 14. The number of oxime groups is 1. The Hall–Kier alpha value is -5.14. The van der Waals surface area contributed by atoms with Crippen LogP contribution in [-0.2, 0) is 37.1 Å². The molecule has 1 saturated heterocycles. The lowest BCUT2D eigenvalue weighted by Gasteiger charge is -2.50. The number of nitrogens with zero attached hydrogens (tertiary/aromatic N) is 6. The van der Waals surface area contributed by atoms with E-state index in [1.807, 2.05) is 51.3 Å². The smallest absolute Gasteiger partial charge is 0.350 e. The lowest BCUT2D eigenvalue weighted by Crippen LogP contribution is -2.63. The number of carbonyl (C=O) groups excluding carboxylic acids is 3. The number of aliphatic carboxylic acids is 2. The molecule has 1 fully saturated rings. The van der Waals surface area contributed by atoms with Crippen molar-refractivity contribution in [3.63, 3.8) is 0 Å². The van der Waals surface area contributed by atoms with E-state index in [2.05, 4.69) is 14.5 Å². The topological polar surface area (TPSA) is 247 Å². The molecule has 254 valence electrons. The number of carboxylic acid groups (broad SMARTS) is 2. The van der Waals surface area contributed by atoms with Crippen molar-refractivity contribution >= 4 is 85.8 Å². The Bertz CT molecular complexity index is 2100. The number of carbonyl (C=O) groups is 4. The number of amides is 1. The van der Waals surface area contributed by atoms with Crippen molar-refractivity contribution < 1.29 is 38.8 Å². The molecule has 1 amide bonds. The SMILES string of the molecule is CC(C)(O/N=C(\C(=O)C[C@@H]1C(=O)N2C(C(=O)[O-])=C(C[n+]3ccc4ccn(Cc5cc(C(=N)N)cs5)c4c3)CS[C@H]12)c1nsc(N)n1)C(=O)O. The average Bonchev–Trinajstić information content (AvgIpc) is 3.80. The molecule has 2 atom stereocenters. The summed E-state index contributed by atoms with van der Waals surface area (Å²) in [5.74, 6) is -4.91. The van der Waals surface area contributed by atoms with Crippen molar-refractivity contribution in [2.24, 2.45) is 16.8 Å². The van der Waals surface area contributed by atoms with E-state index in [-0.39, 0.29) is 41.2 Å². The molecule has 0 unspecified atom stereocenters. The molecule has 6 N–H and O–H groups in total. The lowest BCUT2D eigenvalue weighted by atomic mass is 9.89. The van der Waals surface area contributed by atoms with Crippen molar-refractivity contribution in [3.05, 3.63) is 69.7 Å². The molecule has 2 aliphatic rings. The number of thioether (sulfide) groups is 1. The summed E-state index contributed by atoms with van der Waals surface area (Å²) in [6, 6.07) is 5.77. The van der Waals surface area contributed by atoms with Crippen LogP contribution in [0.4, 0.5) is 5.13 Å². The number of nitrogens with one attached hydrogen (secondary N) is 1. The maximum Gasteiger partial charge on any atom is 0.350 e. The number of fused-ring (bicyclic) bond motifs is 2. The van der Waals surface area contributed by atoms with Gasteiger partial charge in [0, 0.05) is 62.7 Å². The molecular formula is C30H29N9O7S3. The maximum absolute atomic E-state index is 13.4. The fourth-order valence-corrected chi connectivity index (χ4v) is 8.09. The number of β-lactam (4-membered cyclic amide) rings is 1. The van der Waals surface area contributed by atoms with Gasteiger partial charge in [0.15, 0.2) is 35.6 Å². The second-order valence-corrected chi connectivity index (χ2v) is 14.7. The zero-order chi connectivity index (χ0) is 35.2. The predicted octanol–water partition coefficient (Wildman–Crippen LogP) is 0.535. The van der Waals surface area contributed by atoms with Crippen molar-refractivity contribution in [2.45, 2.75) is 44.3 Å². The standard InChI is InChI=1S/C30H29N9O7S3/c1-30(2,28(44)45)46-35-21(24-34-29(33)49-36-24)20(40)8-18-25(41)39-22(27(42)43)16(13-48-26(18)39)9-37-5-3-14-4-6-38(19(14)11-37)10-17-7-15(12-47-17)23(31)32/h3-7,11-12,18,26H,8-10,13H2,1-2H3,(H6-,31,32,33,34,36,42,43,44,45)/b35-21+/t18-,26-/m1/s1. The number of thiophene rings is 1. The number of pyridine rings is 1. The number of hydrogen-bond donors (Lipinski definition) is 4. The Morgan fingerprint density at radius 3 is 2.73 bits per heavy atom. The van der Waals surface area contributed by atoms with Crippen LogP contribution in [0.2, 0.25) is 0 Å². The first-order valence-corrected chi connectivity index (χ1v) is 17.3. The molecular weight excluding hydrogens is 695 g/mol. The number of Topliss-reactive ketones (excluding diaryl/α,β-unsaturated/α-hetero) is 1. The zero-order valence-electron chi connectivity index (χ0n) is 26.0. The number of carboxylic acids is 2. The third-order valence-electron chi connectivity index (χ3n) is 7.99. The van der Waals surface area contributed by atoms with E-state index in [1.165, 1.54) is 36.9 Å². The Balaban J connectivity index is 1.21. The van der Waals surface area contributed by atoms with Gasteiger partial charge in [-0.25, -0.2) is 4.79 Å². The molecule has 0 aromatic carbocycles. The largest absolute Gasteiger partial charge is 0.543 e. The van der Waals surface area contributed by atoms with Gasteiger partial charge in [0.05, 0.1) is 29.5 Å². The van der Waals surface area contributed by atoms with E-state index in [9.17, 15) is 29.4 Å². The van der Waals surface area contributed by atoms with Gasteiger partial charge < -0.3 is 35.9 Å². The summed E-state index contributed by atoms with van der Waals surface area (Å²) in [4.78, 5) is 62.1. The van der Waals surface area contributed by atoms with Gasteiger partial charge in [0.2, 0.25) is 17.3 Å². The monoisotopic (exact) mass is 723 g/mol. The average molecular weight is 724 g/mol. The van der Waals surface area contributed by atoms with Gasteiger partial charge in [-0.15, -0.1) is 23.1 Å². The number of nitrogens with two attached hydrogens (primary N) is 2. The third-order valence-corrected chi connectivity index (χ3v) is 10.9. The molecule has 6 rings (SSSR count). The number of nitrogen functional groups attached to an aromatic ring is 2. The minimum atomic E-state index is -1.78. The van der Waals surface area contributed by atoms with Gasteiger partial charge in [-0.2, -0.15) is 13.9 Å². The lowest BCUT2D eigenvalue weighted by molar-refractivity contribution is -0.687. The van der Waals surface area contributed by atoms with Crippen LogP contribution in [-0.4, -0.2) is 75.8 Å². The summed E-state index contributed by atoms with van der Waals surface area (Å²) in [5.41, 5.74) is 10.9. The molecule has 4 aromatic rings. The van der Waals surface area contributed by atoms with Crippen LogP contribution in [0, 0.1) is 11.3 Å². The molecule has 6 heterocycles. The Kier molecular flexibility index (Phi) is 8.99. The van der Waals surface area contributed by atoms with Crippen LogP contribution >= 0.6 is 34.6 Å². The maximum atomic E-state index is 13.4. The highest BCUT2D eigenvalue weighted by Gasteiger charge is 2.53. The van der Waals surface area contributed by atoms with E-state index in [1.54, 1.807) is 0 Å². The second-order valence-electron chi connectivity index (χ2n) is 11.8. The van der Waals surface area contributed by atoms with E-state index in [0.717, 1.165) is 32.2 Å². The third kappa shape index (κ3) is 6.63. The van der Waals surface area contributed by atoms with Crippen LogP contribution in [0.3, 0.4) is 0 Å². The van der Waals surface area contributed by atoms with E-state index in [4.69, 9.17) is 21.7 Å². The Morgan fingerprint density at radius 1 is 1.31 bits per heavy atom. The van der Waals surface area contributed by atoms with Crippen LogP contribution in [0.15, 0.2) is 58.6 Å². The van der Waals surface area contributed by atoms with Gasteiger partial charge in [0.1, 0.15) is 11.4 Å². The van der Waals surface area contributed by atoms with Gasteiger partial charge in [-0.05, 0) is 26.0 Å². The number of amidine groups is 1. The molecule has 0 spiro atoms. The molecule has 19 heteroatoms. The molecule has 0 radical (unpaired) electrons. The fourth-order valence-electron chi connectivity index (χ4n) is 5.37. The first kappa shape index (κ1) is 33.7. The van der Waals surface area contributed by atoms with Gasteiger partial charge in [-0.3, -0.25) is 19.9 Å². The van der Waals surface area contributed by atoms with Crippen molar-refractivity contribution in [3.8, 4) is 0 Å². The second kappa shape index (κ2) is 13.1. The van der Waals surface area contributed by atoms with Crippen LogP contribution < -0.4 is 21.1 Å². The van der Waals surface area contributed by atoms with Crippen LogP contribution in [0.1, 0.15) is 36.5 Å². The summed E-state index contributed by atoms with van der Waals surface area (Å²) in [6.45, 7) is 3.22. The highest BCUT2D eigenvalue weighted by Crippen LogP contribution is 2.45. The predicted molar refractivity (Wildman–Crippen MR) is 178 cm³/mol. The number of rotatable bonds is 13. The Labute approximate surface area is 290 Å². The first-order chi connectivity index (χ1) is 23.2. The van der Waals surface area contributed by atoms with E-state index in [0.29, 0.717) is 17.7 Å². The van der Waals surface area contributed by atoms with Gasteiger partial charge in [0.25, 0.3) is 0 Å². The van der Waals surface area contributed by atoms with Crippen molar-refractivity contribution in [1.29, 1.82) is 5.41 Å². The fraction of sp³-hybridized carbons (Fsp3) is 0.300. The van der Waals surface area contributed by atoms with E-state index < -0.39 is 46.2 Å². The highest BCUT2D eigenvalue weighted by molar-refractivity contribution is 8.00. The minimum absolute atomic E-state index is 0.00440. The molecule has 0 aliphatic carbocycles. The van der Waals surface area contributed by atoms with Crippen LogP contribution in [0.25, 0.3) is 10.9 Å². The molecule has 0 bridgehead atoms. The summed E-state index contributed by atoms with van der Waals surface area (Å²) >= 11 is 3.62. The summed E-state index contributed by atoms with van der Waals surface area (Å²) in [5, 5.41) is 35.4. The molecule has 4 aromatic heterocycles. The molecule has 0 saturated carbocycles. The van der Waals surface area contributed by atoms with Gasteiger partial charge >= 0.3 is 5.97 Å². The summed E-state index contributed by atoms with van der Waals surface area (Å²) in [6.07, 6.45) is 5.30. The number of anilines is 1. The number of ketones is 1. The Morgan fingerprint density at radius 2 is 2.08 bits per heavy atom. The minimum Gasteiger partial charge on any atom is -0.543 e. The first-order valence-electron chi connectivity index (χ1n) is 14.6. The molecule has 16 nitrogen and oxygen atoms in total. The molecule has 49 heavy (non-hydrogen) atoms. The van der Waals surface area contributed by atoms with E-state index >= 15 is 0 Å². The van der Waals surface area contributed by atoms with Crippen LogP contribution in [0.5, 0.6) is 0 Å². The highest BCUT2D eigenvalue weighted by atomic mass is 32.2. The number of aromatic nitrogens is 4. The van der Waals surface area contributed by atoms with Crippen molar-refractivity contribution in [1.82, 2.24) is 18.8 Å². The van der Waals surface area contributed by atoms with Gasteiger partial charge in [-0.1, -0.05) is 5.16 Å². The summed E-state index contributed by atoms with van der Waals surface area (Å²) in [7, 11) is 0. The van der Waals surface area contributed by atoms with Crippen molar-refractivity contribution in [2.75, 3.05) is 11.5 Å². The molecule has 2 aliphatic heterocycles. The quantitative estimate of drug-likeness (QED) is 0.0485. The normalized spacial score (nSPS) is 18.0. The summed E-state index contributed by atoms with van der Waals surface area (Å²) < 4.78 is 7.87. The zero-order valence-corrected chi connectivity index (χ0v) is 28.4.